The van der Waals surface area contributed by atoms with Crippen LogP contribution < -0.4 is 16.6 Å². The Hall–Kier alpha value is -2.48. The van der Waals surface area contributed by atoms with Crippen LogP contribution in [-0.4, -0.2) is 32.2 Å². The van der Waals surface area contributed by atoms with E-state index >= 15 is 0 Å². The van der Waals surface area contributed by atoms with Crippen molar-refractivity contribution < 1.29 is 4.79 Å². The van der Waals surface area contributed by atoms with Crippen molar-refractivity contribution in [3.8, 4) is 0 Å². The first kappa shape index (κ1) is 13.0. The summed E-state index contributed by atoms with van der Waals surface area (Å²) in [6, 6.07) is 3.29. The van der Waals surface area contributed by atoms with Crippen LogP contribution in [0.5, 0.6) is 0 Å². The van der Waals surface area contributed by atoms with Crippen LogP contribution in [0.1, 0.15) is 16.3 Å². The van der Waals surface area contributed by atoms with Crippen molar-refractivity contribution in [2.45, 2.75) is 6.42 Å². The van der Waals surface area contributed by atoms with E-state index in [9.17, 15) is 4.79 Å². The van der Waals surface area contributed by atoms with Gasteiger partial charge in [0.15, 0.2) is 0 Å². The summed E-state index contributed by atoms with van der Waals surface area (Å²) in [6.07, 6.45) is 3.74. The summed E-state index contributed by atoms with van der Waals surface area (Å²) < 4.78 is 1.81. The Balaban J connectivity index is 1.85. The molecule has 0 radical (unpaired) electrons. The molecule has 0 aliphatic heterocycles. The summed E-state index contributed by atoms with van der Waals surface area (Å²) in [5.74, 6) is 5.80. The zero-order chi connectivity index (χ0) is 13.7. The summed E-state index contributed by atoms with van der Waals surface area (Å²) in [6.45, 7) is 0.476. The molecule has 0 fully saturated rings. The molecule has 19 heavy (non-hydrogen) atoms. The molecule has 2 heterocycles. The summed E-state index contributed by atoms with van der Waals surface area (Å²) in [5, 5.41) is 10.5. The highest BCUT2D eigenvalue weighted by molar-refractivity contribution is 5.92. The van der Waals surface area contributed by atoms with Gasteiger partial charge in [-0.05, 0) is 12.1 Å². The molecule has 8 heteroatoms. The average molecular weight is 261 g/mol. The molecule has 2 rings (SSSR count). The number of nitrogen functional groups attached to an aromatic ring is 1. The second-order valence-corrected chi connectivity index (χ2v) is 3.94. The highest BCUT2D eigenvalue weighted by atomic mass is 16.1. The van der Waals surface area contributed by atoms with Crippen molar-refractivity contribution in [2.75, 3.05) is 12.0 Å². The van der Waals surface area contributed by atoms with Crippen LogP contribution in [0.3, 0.4) is 0 Å². The lowest BCUT2D eigenvalue weighted by Crippen LogP contribution is -2.27. The Labute approximate surface area is 110 Å². The first-order valence-electron chi connectivity index (χ1n) is 5.74. The Morgan fingerprint density at radius 3 is 2.89 bits per heavy atom. The number of nitrogens with zero attached hydrogens (tertiary/aromatic N) is 4. The van der Waals surface area contributed by atoms with E-state index in [0.29, 0.717) is 24.3 Å². The number of carbonyl (C=O) groups excluding carboxylic acids is 1. The number of aryl methyl sites for hydroxylation is 1. The number of nitrogens with two attached hydrogens (primary N) is 1. The number of rotatable bonds is 5. The molecule has 0 unspecified atom stereocenters. The fourth-order valence-electron chi connectivity index (χ4n) is 1.53. The quantitative estimate of drug-likeness (QED) is 0.493. The zero-order valence-corrected chi connectivity index (χ0v) is 10.5. The predicted octanol–water partition coefficient (Wildman–Crippen LogP) is -0.532. The van der Waals surface area contributed by atoms with Gasteiger partial charge >= 0.3 is 0 Å². The number of carbonyl (C=O) groups is 1. The molecule has 0 aliphatic rings. The zero-order valence-electron chi connectivity index (χ0n) is 10.5. The van der Waals surface area contributed by atoms with Gasteiger partial charge in [0.05, 0.1) is 11.9 Å². The predicted molar refractivity (Wildman–Crippen MR) is 69.1 cm³/mol. The lowest BCUT2D eigenvalue weighted by molar-refractivity contribution is 0.0949. The van der Waals surface area contributed by atoms with Crippen LogP contribution in [0.25, 0.3) is 0 Å². The van der Waals surface area contributed by atoms with Crippen molar-refractivity contribution in [1.29, 1.82) is 0 Å². The summed E-state index contributed by atoms with van der Waals surface area (Å²) in [5.41, 5.74) is 3.44. The maximum atomic E-state index is 11.8. The summed E-state index contributed by atoms with van der Waals surface area (Å²) >= 11 is 0. The van der Waals surface area contributed by atoms with Crippen LogP contribution in [0.4, 0.5) is 5.69 Å². The highest BCUT2D eigenvalue weighted by Gasteiger charge is 2.07. The van der Waals surface area contributed by atoms with Gasteiger partial charge in [-0.1, -0.05) is 0 Å². The van der Waals surface area contributed by atoms with Gasteiger partial charge in [-0.15, -0.1) is 10.2 Å². The van der Waals surface area contributed by atoms with Gasteiger partial charge in [-0.2, -0.15) is 0 Å². The first-order chi connectivity index (χ1) is 9.20. The highest BCUT2D eigenvalue weighted by Crippen LogP contribution is 2.03. The van der Waals surface area contributed by atoms with Gasteiger partial charge < -0.3 is 15.3 Å². The van der Waals surface area contributed by atoms with Crippen LogP contribution >= 0.6 is 0 Å². The van der Waals surface area contributed by atoms with Crippen molar-refractivity contribution in [3.63, 3.8) is 0 Å². The van der Waals surface area contributed by atoms with Crippen molar-refractivity contribution >= 4 is 11.6 Å². The number of hydrazine groups is 1. The summed E-state index contributed by atoms with van der Waals surface area (Å²) in [4.78, 5) is 15.8. The Morgan fingerprint density at radius 1 is 1.47 bits per heavy atom. The van der Waals surface area contributed by atoms with Gasteiger partial charge in [0.1, 0.15) is 17.8 Å². The molecule has 0 aromatic carbocycles. The third-order valence-corrected chi connectivity index (χ3v) is 2.60. The van der Waals surface area contributed by atoms with E-state index < -0.39 is 0 Å². The van der Waals surface area contributed by atoms with Crippen LogP contribution in [0.2, 0.25) is 0 Å². The Bertz CT molecular complexity index is 548. The van der Waals surface area contributed by atoms with E-state index in [4.69, 9.17) is 5.84 Å². The minimum absolute atomic E-state index is 0.231. The molecule has 0 bridgehead atoms. The van der Waals surface area contributed by atoms with Crippen molar-refractivity contribution in [2.24, 2.45) is 12.9 Å². The molecule has 0 atom stereocenters. The van der Waals surface area contributed by atoms with E-state index in [0.717, 1.165) is 5.82 Å². The van der Waals surface area contributed by atoms with Crippen LogP contribution in [0, 0.1) is 0 Å². The van der Waals surface area contributed by atoms with E-state index in [1.165, 1.54) is 6.20 Å². The van der Waals surface area contributed by atoms with E-state index in [1.807, 2.05) is 11.6 Å². The third kappa shape index (κ3) is 3.26. The van der Waals surface area contributed by atoms with Gasteiger partial charge in [-0.25, -0.2) is 4.98 Å². The SMILES string of the molecule is Cn1cnnc1CCNC(=O)c1ccc(NN)cn1. The van der Waals surface area contributed by atoms with E-state index in [2.05, 4.69) is 25.9 Å². The fraction of sp³-hybridized carbons (Fsp3) is 0.273. The number of aromatic nitrogens is 4. The minimum Gasteiger partial charge on any atom is -0.350 e. The lowest BCUT2D eigenvalue weighted by atomic mass is 10.3. The third-order valence-electron chi connectivity index (χ3n) is 2.60. The topological polar surface area (TPSA) is 111 Å². The average Bonchev–Trinajstić information content (AvgIpc) is 2.84. The molecule has 2 aromatic heterocycles. The second-order valence-electron chi connectivity index (χ2n) is 3.94. The van der Waals surface area contributed by atoms with E-state index in [-0.39, 0.29) is 5.91 Å². The molecule has 0 spiro atoms. The Morgan fingerprint density at radius 2 is 2.32 bits per heavy atom. The lowest BCUT2D eigenvalue weighted by Gasteiger charge is -2.05. The largest absolute Gasteiger partial charge is 0.350 e. The normalized spacial score (nSPS) is 10.2. The molecular weight excluding hydrogens is 246 g/mol. The maximum absolute atomic E-state index is 11.8. The van der Waals surface area contributed by atoms with Gasteiger partial charge in [-0.3, -0.25) is 10.6 Å². The smallest absolute Gasteiger partial charge is 0.269 e. The Kier molecular flexibility index (Phi) is 4.04. The minimum atomic E-state index is -0.231. The second kappa shape index (κ2) is 5.91. The molecule has 4 N–H and O–H groups in total. The van der Waals surface area contributed by atoms with Crippen LogP contribution in [0.15, 0.2) is 24.7 Å². The molecule has 0 aliphatic carbocycles. The number of nitrogens with one attached hydrogen (secondary N) is 2. The molecule has 100 valence electrons. The molecule has 8 nitrogen and oxygen atoms in total. The monoisotopic (exact) mass is 261 g/mol. The molecular formula is C11H15N7O. The summed E-state index contributed by atoms with van der Waals surface area (Å²) in [7, 11) is 1.86. The number of hydrogen-bond donors (Lipinski definition) is 3. The first-order valence-corrected chi connectivity index (χ1v) is 5.74. The van der Waals surface area contributed by atoms with Gasteiger partial charge in [0.2, 0.25) is 0 Å². The standard InChI is InChI=1S/C11H15N7O/c1-18-7-15-17-10(18)4-5-13-11(19)9-3-2-8(16-12)6-14-9/h2-3,6-7,16H,4-5,12H2,1H3,(H,13,19). The maximum Gasteiger partial charge on any atom is 0.269 e. The van der Waals surface area contributed by atoms with Crippen molar-refractivity contribution in [3.05, 3.63) is 36.2 Å². The van der Waals surface area contributed by atoms with Gasteiger partial charge in [0.25, 0.3) is 5.91 Å². The number of hydrogen-bond acceptors (Lipinski definition) is 6. The molecule has 0 saturated heterocycles. The fourth-order valence-corrected chi connectivity index (χ4v) is 1.53. The number of amides is 1. The molecule has 2 aromatic rings. The number of anilines is 1. The van der Waals surface area contributed by atoms with Gasteiger partial charge in [0, 0.05) is 20.0 Å². The van der Waals surface area contributed by atoms with Crippen molar-refractivity contribution in [1.82, 2.24) is 25.1 Å². The number of pyridine rings is 1. The molecule has 1 amide bonds. The molecule has 0 saturated carbocycles. The van der Waals surface area contributed by atoms with E-state index in [1.54, 1.807) is 18.5 Å². The van der Waals surface area contributed by atoms with Crippen LogP contribution in [-0.2, 0) is 13.5 Å².